The number of hydrogen-bond donors (Lipinski definition) is 0. The van der Waals surface area contributed by atoms with Crippen molar-refractivity contribution in [2.75, 3.05) is 13.2 Å². The van der Waals surface area contributed by atoms with Crippen molar-refractivity contribution in [1.29, 1.82) is 0 Å². The van der Waals surface area contributed by atoms with Gasteiger partial charge in [0.25, 0.3) is 11.8 Å². The molecule has 0 N–H and O–H groups in total. The SMILES string of the molecule is CCOc1cc(C=NN2C(=O)[C@@H]3[C@H](C2=O)[C@H]2C=C[C@H]3C2)cc([N+](=O)[O-])c1OCC(=O)OC(C)C. The molecule has 2 bridgehead atoms. The Morgan fingerprint density at radius 2 is 1.85 bits per heavy atom. The first-order chi connectivity index (χ1) is 16.2. The molecular formula is C23H25N3O8. The van der Waals surface area contributed by atoms with E-state index < -0.39 is 35.0 Å². The van der Waals surface area contributed by atoms with Gasteiger partial charge in [-0.1, -0.05) is 12.2 Å². The Kier molecular flexibility index (Phi) is 6.36. The number of benzene rings is 1. The van der Waals surface area contributed by atoms with Gasteiger partial charge in [0, 0.05) is 11.6 Å². The Balaban J connectivity index is 1.58. The molecule has 34 heavy (non-hydrogen) atoms. The second-order valence-electron chi connectivity index (χ2n) is 8.62. The fraction of sp³-hybridized carbons (Fsp3) is 0.478. The molecule has 180 valence electrons. The normalized spacial score (nSPS) is 24.9. The van der Waals surface area contributed by atoms with Gasteiger partial charge in [0.1, 0.15) is 0 Å². The number of amides is 2. The smallest absolute Gasteiger partial charge is 0.344 e. The van der Waals surface area contributed by atoms with Crippen LogP contribution in [0.1, 0.15) is 32.8 Å². The lowest BCUT2D eigenvalue weighted by Gasteiger charge is -2.14. The molecule has 3 aliphatic rings. The van der Waals surface area contributed by atoms with Crippen LogP contribution in [-0.4, -0.2) is 53.2 Å². The van der Waals surface area contributed by atoms with Crippen molar-refractivity contribution >= 4 is 29.7 Å². The predicted octanol–water partition coefficient (Wildman–Crippen LogP) is 2.46. The van der Waals surface area contributed by atoms with Gasteiger partial charge in [-0.15, -0.1) is 0 Å². The number of carbonyl (C=O) groups is 3. The van der Waals surface area contributed by atoms with E-state index in [1.54, 1.807) is 20.8 Å². The van der Waals surface area contributed by atoms with Crippen molar-refractivity contribution in [3.05, 3.63) is 40.0 Å². The highest BCUT2D eigenvalue weighted by Crippen LogP contribution is 2.52. The minimum absolute atomic E-state index is 0.0219. The van der Waals surface area contributed by atoms with Gasteiger partial charge < -0.3 is 14.2 Å². The van der Waals surface area contributed by atoms with Crippen LogP contribution in [-0.2, 0) is 19.1 Å². The highest BCUT2D eigenvalue weighted by atomic mass is 16.6. The van der Waals surface area contributed by atoms with Crippen LogP contribution in [0.4, 0.5) is 5.69 Å². The Labute approximate surface area is 195 Å². The van der Waals surface area contributed by atoms with E-state index in [2.05, 4.69) is 5.10 Å². The molecule has 0 radical (unpaired) electrons. The van der Waals surface area contributed by atoms with Crippen molar-refractivity contribution in [1.82, 2.24) is 5.01 Å². The number of allylic oxidation sites excluding steroid dienone is 2. The van der Waals surface area contributed by atoms with Crippen LogP contribution >= 0.6 is 0 Å². The lowest BCUT2D eigenvalue weighted by molar-refractivity contribution is -0.385. The first kappa shape index (κ1) is 23.4. The first-order valence-corrected chi connectivity index (χ1v) is 11.1. The maximum absolute atomic E-state index is 12.8. The topological polar surface area (TPSA) is 138 Å². The summed E-state index contributed by atoms with van der Waals surface area (Å²) in [5.74, 6) is -2.28. The molecule has 1 aromatic carbocycles. The van der Waals surface area contributed by atoms with Crippen LogP contribution in [0.3, 0.4) is 0 Å². The van der Waals surface area contributed by atoms with E-state index in [1.165, 1.54) is 18.3 Å². The van der Waals surface area contributed by atoms with Crippen molar-refractivity contribution in [3.63, 3.8) is 0 Å². The molecule has 1 saturated carbocycles. The quantitative estimate of drug-likeness (QED) is 0.134. The molecule has 4 atom stereocenters. The molecule has 1 aliphatic heterocycles. The van der Waals surface area contributed by atoms with Crippen LogP contribution < -0.4 is 9.47 Å². The van der Waals surface area contributed by atoms with Crippen LogP contribution in [0.2, 0.25) is 0 Å². The Bertz CT molecular complexity index is 1070. The largest absolute Gasteiger partial charge is 0.490 e. The Hall–Kier alpha value is -3.76. The molecule has 0 aromatic heterocycles. The number of hydrogen-bond acceptors (Lipinski definition) is 9. The Morgan fingerprint density at radius 1 is 1.21 bits per heavy atom. The highest BCUT2D eigenvalue weighted by molar-refractivity contribution is 6.06. The maximum atomic E-state index is 12.8. The lowest BCUT2D eigenvalue weighted by Crippen LogP contribution is -2.28. The molecule has 4 rings (SSSR count). The predicted molar refractivity (Wildman–Crippen MR) is 118 cm³/mol. The van der Waals surface area contributed by atoms with Crippen LogP contribution in [0.5, 0.6) is 11.5 Å². The summed E-state index contributed by atoms with van der Waals surface area (Å²) >= 11 is 0. The molecule has 11 heteroatoms. The number of rotatable bonds is 9. The van der Waals surface area contributed by atoms with Gasteiger partial charge >= 0.3 is 11.7 Å². The van der Waals surface area contributed by atoms with E-state index in [1.807, 2.05) is 12.2 Å². The third kappa shape index (κ3) is 4.25. The summed E-state index contributed by atoms with van der Waals surface area (Å²) < 4.78 is 15.9. The van der Waals surface area contributed by atoms with Crippen LogP contribution in [0.25, 0.3) is 0 Å². The highest BCUT2D eigenvalue weighted by Gasteiger charge is 2.59. The van der Waals surface area contributed by atoms with E-state index in [0.717, 1.165) is 11.4 Å². The second-order valence-corrected chi connectivity index (χ2v) is 8.62. The number of imide groups is 1. The van der Waals surface area contributed by atoms with E-state index >= 15 is 0 Å². The van der Waals surface area contributed by atoms with Crippen molar-refractivity contribution in [2.24, 2.45) is 28.8 Å². The van der Waals surface area contributed by atoms with Gasteiger partial charge in [0.2, 0.25) is 5.75 Å². The summed E-state index contributed by atoms with van der Waals surface area (Å²) in [4.78, 5) is 48.5. The lowest BCUT2D eigenvalue weighted by atomic mass is 9.85. The average Bonchev–Trinajstić information content (AvgIpc) is 3.45. The standard InChI is InChI=1S/C23H25N3O8/c1-4-32-17-8-13(7-16(26(30)31)21(17)33-11-18(27)34-12(2)3)10-24-25-22(28)19-14-5-6-15(9-14)20(19)23(25)29/h5-8,10,12,14-15,19-20H,4,9,11H2,1-3H3/t14-,15-,19-,20+/m0/s1. The summed E-state index contributed by atoms with van der Waals surface area (Å²) in [6, 6.07) is 2.60. The number of esters is 1. The van der Waals surface area contributed by atoms with Gasteiger partial charge in [-0.2, -0.15) is 10.1 Å². The monoisotopic (exact) mass is 471 g/mol. The molecule has 1 saturated heterocycles. The van der Waals surface area contributed by atoms with E-state index in [0.29, 0.717) is 0 Å². The van der Waals surface area contributed by atoms with Gasteiger partial charge in [0.15, 0.2) is 12.4 Å². The minimum Gasteiger partial charge on any atom is -0.490 e. The van der Waals surface area contributed by atoms with Crippen molar-refractivity contribution in [2.45, 2.75) is 33.3 Å². The zero-order valence-electron chi connectivity index (χ0n) is 19.0. The summed E-state index contributed by atoms with van der Waals surface area (Å²) in [6.07, 6.45) is 5.62. The number of carbonyl (C=O) groups excluding carboxylic acids is 3. The number of hydrazone groups is 1. The number of ether oxygens (including phenoxy) is 3. The number of fused-ring (bicyclic) bond motifs is 5. The molecular weight excluding hydrogens is 446 g/mol. The van der Waals surface area contributed by atoms with E-state index in [-0.39, 0.29) is 53.4 Å². The third-order valence-electron chi connectivity index (χ3n) is 6.02. The average molecular weight is 471 g/mol. The van der Waals surface area contributed by atoms with Gasteiger partial charge in [-0.25, -0.2) is 4.79 Å². The zero-order valence-corrected chi connectivity index (χ0v) is 19.0. The number of nitro benzene ring substituents is 1. The van der Waals surface area contributed by atoms with Crippen molar-refractivity contribution < 1.29 is 33.5 Å². The minimum atomic E-state index is -0.683. The molecule has 1 heterocycles. The van der Waals surface area contributed by atoms with Gasteiger partial charge in [-0.05, 0) is 45.1 Å². The molecule has 2 aliphatic carbocycles. The van der Waals surface area contributed by atoms with E-state index in [9.17, 15) is 24.5 Å². The first-order valence-electron chi connectivity index (χ1n) is 11.1. The molecule has 0 unspecified atom stereocenters. The number of nitro groups is 1. The van der Waals surface area contributed by atoms with Crippen LogP contribution in [0, 0.1) is 33.8 Å². The summed E-state index contributed by atoms with van der Waals surface area (Å²) in [7, 11) is 0. The fourth-order valence-electron chi connectivity index (χ4n) is 4.78. The van der Waals surface area contributed by atoms with Crippen LogP contribution in [0.15, 0.2) is 29.4 Å². The fourth-order valence-corrected chi connectivity index (χ4v) is 4.78. The van der Waals surface area contributed by atoms with Crippen molar-refractivity contribution in [3.8, 4) is 11.5 Å². The molecule has 1 aromatic rings. The maximum Gasteiger partial charge on any atom is 0.344 e. The summed E-state index contributed by atoms with van der Waals surface area (Å²) in [5, 5.41) is 16.6. The van der Waals surface area contributed by atoms with Gasteiger partial charge in [-0.3, -0.25) is 19.7 Å². The third-order valence-corrected chi connectivity index (χ3v) is 6.02. The molecule has 2 fully saturated rings. The molecule has 0 spiro atoms. The Morgan fingerprint density at radius 3 is 2.41 bits per heavy atom. The summed E-state index contributed by atoms with van der Waals surface area (Å²) in [5.41, 5.74) is -0.228. The van der Waals surface area contributed by atoms with Gasteiger partial charge in [0.05, 0.1) is 35.7 Å². The molecule has 11 nitrogen and oxygen atoms in total. The van der Waals surface area contributed by atoms with E-state index in [4.69, 9.17) is 14.2 Å². The number of nitrogens with zero attached hydrogens (tertiary/aromatic N) is 3. The summed E-state index contributed by atoms with van der Waals surface area (Å²) in [6.45, 7) is 4.66. The molecule has 2 amide bonds. The zero-order chi connectivity index (χ0) is 24.6. The second kappa shape index (κ2) is 9.24.